The Balaban J connectivity index is 1.64. The number of amides is 3. The Morgan fingerprint density at radius 3 is 2.39 bits per heavy atom. The molecule has 2 saturated heterocycles. The first-order chi connectivity index (χ1) is 13.2. The molecule has 0 spiro atoms. The third-order valence-electron chi connectivity index (χ3n) is 6.06. The summed E-state index contributed by atoms with van der Waals surface area (Å²) in [6, 6.07) is 4.99. The molecule has 0 aromatic heterocycles. The lowest BCUT2D eigenvalue weighted by Gasteiger charge is -2.30. The quantitative estimate of drug-likeness (QED) is 0.833. The number of benzene rings is 1. The summed E-state index contributed by atoms with van der Waals surface area (Å²) in [4.78, 5) is 40.0. The van der Waals surface area contributed by atoms with Crippen LogP contribution in [0.1, 0.15) is 49.0 Å². The van der Waals surface area contributed by atoms with E-state index in [1.165, 1.54) is 4.90 Å². The molecule has 0 bridgehead atoms. The van der Waals surface area contributed by atoms with Crippen LogP contribution in [0, 0.1) is 18.3 Å². The number of carboxylic acids is 1. The van der Waals surface area contributed by atoms with Gasteiger partial charge in [-0.1, -0.05) is 6.92 Å². The largest absolute Gasteiger partial charge is 0.481 e. The van der Waals surface area contributed by atoms with E-state index in [2.05, 4.69) is 12.2 Å². The number of hydrogen-bond donors (Lipinski definition) is 2. The molecule has 1 aromatic rings. The van der Waals surface area contributed by atoms with Gasteiger partial charge in [0.05, 0.1) is 5.41 Å². The highest BCUT2D eigenvalue weighted by molar-refractivity contribution is 5.96. The molecule has 2 aliphatic heterocycles. The van der Waals surface area contributed by atoms with Crippen LogP contribution >= 0.6 is 0 Å². The molecule has 2 aliphatic rings. The number of aliphatic carboxylic acids is 1. The Morgan fingerprint density at radius 2 is 1.82 bits per heavy atom. The summed E-state index contributed by atoms with van der Waals surface area (Å²) in [5, 5.41) is 12.2. The number of urea groups is 1. The standard InChI is InChI=1S/C21H29N3O4/c1-14-6-9-23(10-7-14)18(25)16-4-5-17(15(2)12-16)22-20(28)24-11-8-21(3,13-24)19(26)27/h4-5,12,14H,6-11,13H2,1-3H3,(H,22,28)(H,26,27). The van der Waals surface area contributed by atoms with E-state index in [0.717, 1.165) is 31.5 Å². The highest BCUT2D eigenvalue weighted by atomic mass is 16.4. The van der Waals surface area contributed by atoms with E-state index >= 15 is 0 Å². The zero-order chi connectivity index (χ0) is 20.5. The van der Waals surface area contributed by atoms with E-state index in [1.807, 2.05) is 11.8 Å². The monoisotopic (exact) mass is 387 g/mol. The second kappa shape index (κ2) is 7.81. The Hall–Kier alpha value is -2.57. The smallest absolute Gasteiger partial charge is 0.321 e. The first-order valence-electron chi connectivity index (χ1n) is 9.89. The van der Waals surface area contributed by atoms with Gasteiger partial charge in [-0.25, -0.2) is 4.79 Å². The van der Waals surface area contributed by atoms with Gasteiger partial charge in [-0.3, -0.25) is 9.59 Å². The van der Waals surface area contributed by atoms with Crippen LogP contribution < -0.4 is 5.32 Å². The minimum atomic E-state index is -0.894. The van der Waals surface area contributed by atoms with Crippen molar-refractivity contribution in [2.45, 2.75) is 40.0 Å². The number of nitrogens with one attached hydrogen (secondary N) is 1. The van der Waals surface area contributed by atoms with Crippen molar-refractivity contribution in [3.05, 3.63) is 29.3 Å². The number of nitrogens with zero attached hydrogens (tertiary/aromatic N) is 2. The molecule has 2 heterocycles. The fourth-order valence-electron chi connectivity index (χ4n) is 3.83. The Bertz CT molecular complexity index is 786. The van der Waals surface area contributed by atoms with Gasteiger partial charge < -0.3 is 20.2 Å². The number of anilines is 1. The van der Waals surface area contributed by atoms with E-state index in [0.29, 0.717) is 30.1 Å². The van der Waals surface area contributed by atoms with Crippen molar-refractivity contribution in [2.24, 2.45) is 11.3 Å². The number of carbonyl (C=O) groups excluding carboxylic acids is 2. The zero-order valence-corrected chi connectivity index (χ0v) is 16.8. The van der Waals surface area contributed by atoms with Crippen molar-refractivity contribution < 1.29 is 19.5 Å². The molecule has 2 N–H and O–H groups in total. The molecule has 7 heteroatoms. The van der Waals surface area contributed by atoms with Crippen molar-refractivity contribution in [1.29, 1.82) is 0 Å². The maximum Gasteiger partial charge on any atom is 0.321 e. The molecular formula is C21H29N3O4. The van der Waals surface area contributed by atoms with Gasteiger partial charge in [0.2, 0.25) is 0 Å². The number of aryl methyl sites for hydroxylation is 1. The lowest BCUT2D eigenvalue weighted by molar-refractivity contribution is -0.146. The van der Waals surface area contributed by atoms with Gasteiger partial charge in [0.15, 0.2) is 0 Å². The van der Waals surface area contributed by atoms with Gasteiger partial charge in [-0.15, -0.1) is 0 Å². The lowest BCUT2D eigenvalue weighted by atomic mass is 9.90. The van der Waals surface area contributed by atoms with Crippen LogP contribution in [-0.4, -0.2) is 59.0 Å². The van der Waals surface area contributed by atoms with Crippen molar-refractivity contribution in [3.63, 3.8) is 0 Å². The summed E-state index contributed by atoms with van der Waals surface area (Å²) >= 11 is 0. The van der Waals surface area contributed by atoms with E-state index < -0.39 is 11.4 Å². The van der Waals surface area contributed by atoms with Crippen molar-refractivity contribution in [1.82, 2.24) is 9.80 Å². The predicted octanol–water partition coefficient (Wildman–Crippen LogP) is 3.20. The topological polar surface area (TPSA) is 90.0 Å². The summed E-state index contributed by atoms with van der Waals surface area (Å²) in [5.74, 6) is -0.185. The highest BCUT2D eigenvalue weighted by Gasteiger charge is 2.42. The number of likely N-dealkylation sites (tertiary alicyclic amines) is 2. The normalized spacial score (nSPS) is 23.0. The first-order valence-corrected chi connectivity index (χ1v) is 9.89. The minimum absolute atomic E-state index is 0.0321. The molecule has 0 radical (unpaired) electrons. The molecule has 28 heavy (non-hydrogen) atoms. The second-order valence-corrected chi connectivity index (χ2v) is 8.47. The molecular weight excluding hydrogens is 358 g/mol. The Labute approximate surface area is 165 Å². The average Bonchev–Trinajstić information content (AvgIpc) is 3.07. The fourth-order valence-corrected chi connectivity index (χ4v) is 3.83. The highest BCUT2D eigenvalue weighted by Crippen LogP contribution is 2.30. The molecule has 3 rings (SSSR count). The summed E-state index contributed by atoms with van der Waals surface area (Å²) in [5.41, 5.74) is 1.18. The third-order valence-corrected chi connectivity index (χ3v) is 6.06. The van der Waals surface area contributed by atoms with Crippen LogP contribution in [-0.2, 0) is 4.79 Å². The van der Waals surface area contributed by atoms with Gasteiger partial charge in [-0.05, 0) is 62.8 Å². The molecule has 2 fully saturated rings. The van der Waals surface area contributed by atoms with E-state index in [9.17, 15) is 19.5 Å². The summed E-state index contributed by atoms with van der Waals surface area (Å²) in [7, 11) is 0. The van der Waals surface area contributed by atoms with Crippen LogP contribution in [0.15, 0.2) is 18.2 Å². The molecule has 7 nitrogen and oxygen atoms in total. The van der Waals surface area contributed by atoms with Gasteiger partial charge >= 0.3 is 12.0 Å². The van der Waals surface area contributed by atoms with Crippen LogP contribution in [0.5, 0.6) is 0 Å². The third kappa shape index (κ3) is 4.13. The molecule has 0 saturated carbocycles. The summed E-state index contributed by atoms with van der Waals surface area (Å²) in [6.07, 6.45) is 2.50. The van der Waals surface area contributed by atoms with Crippen LogP contribution in [0.2, 0.25) is 0 Å². The molecule has 152 valence electrons. The molecule has 1 unspecified atom stereocenters. The van der Waals surface area contributed by atoms with Crippen LogP contribution in [0.3, 0.4) is 0 Å². The number of piperidine rings is 1. The summed E-state index contributed by atoms with van der Waals surface area (Å²) < 4.78 is 0. The molecule has 3 amide bonds. The van der Waals surface area contributed by atoms with Gasteiger partial charge in [0.1, 0.15) is 0 Å². The Kier molecular flexibility index (Phi) is 5.63. The zero-order valence-electron chi connectivity index (χ0n) is 16.8. The minimum Gasteiger partial charge on any atom is -0.481 e. The maximum atomic E-state index is 12.7. The van der Waals surface area contributed by atoms with E-state index in [4.69, 9.17) is 0 Å². The van der Waals surface area contributed by atoms with Gasteiger partial charge in [0.25, 0.3) is 5.91 Å². The average molecular weight is 387 g/mol. The Morgan fingerprint density at radius 1 is 1.14 bits per heavy atom. The summed E-state index contributed by atoms with van der Waals surface area (Å²) in [6.45, 7) is 7.91. The van der Waals surface area contributed by atoms with Crippen molar-refractivity contribution in [2.75, 3.05) is 31.5 Å². The van der Waals surface area contributed by atoms with Crippen molar-refractivity contribution >= 4 is 23.6 Å². The van der Waals surface area contributed by atoms with E-state index in [1.54, 1.807) is 25.1 Å². The number of hydrogen-bond acceptors (Lipinski definition) is 3. The fraction of sp³-hybridized carbons (Fsp3) is 0.571. The van der Waals surface area contributed by atoms with Crippen LogP contribution in [0.4, 0.5) is 10.5 Å². The van der Waals surface area contributed by atoms with Crippen molar-refractivity contribution in [3.8, 4) is 0 Å². The van der Waals surface area contributed by atoms with Gasteiger partial charge in [-0.2, -0.15) is 0 Å². The number of carbonyl (C=O) groups is 3. The predicted molar refractivity (Wildman–Crippen MR) is 106 cm³/mol. The second-order valence-electron chi connectivity index (χ2n) is 8.47. The number of carboxylic acid groups (broad SMARTS) is 1. The lowest BCUT2D eigenvalue weighted by Crippen LogP contribution is -2.38. The molecule has 1 atom stereocenters. The molecule has 1 aromatic carbocycles. The number of rotatable bonds is 3. The SMILES string of the molecule is Cc1cc(C(=O)N2CCC(C)CC2)ccc1NC(=O)N1CCC(C)(C(=O)O)C1. The first kappa shape index (κ1) is 20.2. The molecule has 0 aliphatic carbocycles. The van der Waals surface area contributed by atoms with Crippen LogP contribution in [0.25, 0.3) is 0 Å². The van der Waals surface area contributed by atoms with E-state index in [-0.39, 0.29) is 18.5 Å². The maximum absolute atomic E-state index is 12.7. The van der Waals surface area contributed by atoms with Gasteiger partial charge in [0, 0.05) is 37.4 Å².